The van der Waals surface area contributed by atoms with Crippen LogP contribution in [0.1, 0.15) is 26.2 Å². The number of aliphatic carboxylic acids is 1. The lowest BCUT2D eigenvalue weighted by Crippen LogP contribution is -2.50. The second-order valence-electron chi connectivity index (χ2n) is 4.24. The average Bonchev–Trinajstić information content (AvgIpc) is 2.14. The lowest BCUT2D eigenvalue weighted by atomic mass is 9.94. The van der Waals surface area contributed by atoms with Crippen molar-refractivity contribution in [2.45, 2.75) is 31.7 Å². The van der Waals surface area contributed by atoms with Gasteiger partial charge in [0.2, 0.25) is 10.0 Å². The summed E-state index contributed by atoms with van der Waals surface area (Å²) in [6.07, 6.45) is 0.848. The topological polar surface area (TPSA) is 92.7 Å². The summed E-state index contributed by atoms with van der Waals surface area (Å²) < 4.78 is 30.9. The van der Waals surface area contributed by atoms with Gasteiger partial charge in [-0.15, -0.1) is 0 Å². The van der Waals surface area contributed by atoms with Crippen LogP contribution in [0.15, 0.2) is 0 Å². The zero-order valence-electron chi connectivity index (χ0n) is 9.23. The lowest BCUT2D eigenvalue weighted by molar-refractivity contribution is -0.136. The number of carboxylic acid groups (broad SMARTS) is 1. The molecular weight excluding hydrogens is 234 g/mol. The van der Waals surface area contributed by atoms with E-state index >= 15 is 0 Å². The number of carbonyl (C=O) groups is 1. The first-order chi connectivity index (χ1) is 7.33. The second kappa shape index (κ2) is 5.11. The van der Waals surface area contributed by atoms with Gasteiger partial charge in [-0.3, -0.25) is 4.79 Å². The van der Waals surface area contributed by atoms with E-state index in [0.717, 1.165) is 0 Å². The minimum atomic E-state index is -3.52. The van der Waals surface area contributed by atoms with Crippen LogP contribution in [0.2, 0.25) is 0 Å². The van der Waals surface area contributed by atoms with Crippen molar-refractivity contribution in [3.05, 3.63) is 0 Å². The van der Waals surface area contributed by atoms with Gasteiger partial charge in [-0.25, -0.2) is 13.1 Å². The SMILES string of the molecule is CC1(NS(=O)(=O)CCC(=O)O)CCOCC1. The Balaban J connectivity index is 2.53. The summed E-state index contributed by atoms with van der Waals surface area (Å²) in [6, 6.07) is 0. The fourth-order valence-electron chi connectivity index (χ4n) is 1.57. The first kappa shape index (κ1) is 13.4. The molecule has 1 aliphatic heterocycles. The molecule has 1 saturated heterocycles. The van der Waals surface area contributed by atoms with E-state index in [1.165, 1.54) is 0 Å². The second-order valence-corrected chi connectivity index (χ2v) is 6.08. The molecule has 0 aromatic carbocycles. The molecule has 2 N–H and O–H groups in total. The lowest BCUT2D eigenvalue weighted by Gasteiger charge is -2.33. The summed E-state index contributed by atoms with van der Waals surface area (Å²) in [5, 5.41) is 8.43. The fourth-order valence-corrected chi connectivity index (χ4v) is 3.07. The largest absolute Gasteiger partial charge is 0.481 e. The summed E-state index contributed by atoms with van der Waals surface area (Å²) in [4.78, 5) is 10.3. The number of nitrogens with one attached hydrogen (secondary N) is 1. The highest BCUT2D eigenvalue weighted by Crippen LogP contribution is 2.20. The first-order valence-electron chi connectivity index (χ1n) is 5.14. The molecule has 6 nitrogen and oxygen atoms in total. The highest BCUT2D eigenvalue weighted by atomic mass is 32.2. The molecular formula is C9H17NO5S. The number of hydrogen-bond donors (Lipinski definition) is 2. The molecule has 0 atom stereocenters. The predicted octanol–water partition coefficient (Wildman–Crippen LogP) is -0.0504. The number of rotatable bonds is 5. The average molecular weight is 251 g/mol. The van der Waals surface area contributed by atoms with Crippen LogP contribution in [0.25, 0.3) is 0 Å². The van der Waals surface area contributed by atoms with Crippen molar-refractivity contribution < 1.29 is 23.1 Å². The molecule has 0 radical (unpaired) electrons. The smallest absolute Gasteiger partial charge is 0.304 e. The van der Waals surface area contributed by atoms with Crippen molar-refractivity contribution in [3.8, 4) is 0 Å². The van der Waals surface area contributed by atoms with Gasteiger partial charge in [0, 0.05) is 18.8 Å². The van der Waals surface area contributed by atoms with Crippen LogP contribution >= 0.6 is 0 Å². The Bertz CT molecular complexity index is 345. The monoisotopic (exact) mass is 251 g/mol. The van der Waals surface area contributed by atoms with Crippen LogP contribution in [0.4, 0.5) is 0 Å². The van der Waals surface area contributed by atoms with Crippen molar-refractivity contribution >= 4 is 16.0 Å². The molecule has 1 aliphatic rings. The molecule has 0 unspecified atom stereocenters. The van der Waals surface area contributed by atoms with E-state index in [-0.39, 0.29) is 12.2 Å². The van der Waals surface area contributed by atoms with Crippen LogP contribution in [0, 0.1) is 0 Å². The van der Waals surface area contributed by atoms with Crippen molar-refractivity contribution in [1.29, 1.82) is 0 Å². The minimum absolute atomic E-state index is 0.373. The van der Waals surface area contributed by atoms with Crippen molar-refractivity contribution in [2.75, 3.05) is 19.0 Å². The van der Waals surface area contributed by atoms with Gasteiger partial charge < -0.3 is 9.84 Å². The summed E-state index contributed by atoms with van der Waals surface area (Å²) in [6.45, 7) is 2.86. The van der Waals surface area contributed by atoms with Gasteiger partial charge in [-0.05, 0) is 19.8 Å². The molecule has 0 aromatic rings. The quantitative estimate of drug-likeness (QED) is 0.714. The fraction of sp³-hybridized carbons (Fsp3) is 0.889. The normalized spacial score (nSPS) is 20.6. The third-order valence-corrected chi connectivity index (χ3v) is 4.13. The molecule has 1 fully saturated rings. The predicted molar refractivity (Wildman–Crippen MR) is 57.6 cm³/mol. The van der Waals surface area contributed by atoms with E-state index in [2.05, 4.69) is 4.72 Å². The van der Waals surface area contributed by atoms with Crippen LogP contribution in [0.5, 0.6) is 0 Å². The van der Waals surface area contributed by atoms with Gasteiger partial charge >= 0.3 is 5.97 Å². The summed E-state index contributed by atoms with van der Waals surface area (Å²) in [5.41, 5.74) is -0.504. The van der Waals surface area contributed by atoms with E-state index in [4.69, 9.17) is 9.84 Å². The molecule has 0 aliphatic carbocycles. The van der Waals surface area contributed by atoms with E-state index in [1.807, 2.05) is 6.92 Å². The molecule has 16 heavy (non-hydrogen) atoms. The highest BCUT2D eigenvalue weighted by Gasteiger charge is 2.31. The van der Waals surface area contributed by atoms with Crippen molar-refractivity contribution in [3.63, 3.8) is 0 Å². The summed E-state index contributed by atoms with van der Waals surface area (Å²) in [7, 11) is -3.52. The molecule has 94 valence electrons. The molecule has 0 bridgehead atoms. The molecule has 7 heteroatoms. The van der Waals surface area contributed by atoms with Crippen LogP contribution < -0.4 is 4.72 Å². The Morgan fingerprint density at radius 2 is 2.00 bits per heavy atom. The summed E-state index contributed by atoms with van der Waals surface area (Å²) in [5.74, 6) is -1.49. The standard InChI is InChI=1S/C9H17NO5S/c1-9(3-5-15-6-4-9)10-16(13,14)7-2-8(11)12/h10H,2-7H2,1H3,(H,11,12). The number of carboxylic acids is 1. The van der Waals surface area contributed by atoms with Crippen molar-refractivity contribution in [1.82, 2.24) is 4.72 Å². The molecule has 0 spiro atoms. The van der Waals surface area contributed by atoms with Gasteiger partial charge in [0.25, 0.3) is 0 Å². The maximum absolute atomic E-state index is 11.6. The van der Waals surface area contributed by atoms with Crippen LogP contribution in [0.3, 0.4) is 0 Å². The van der Waals surface area contributed by atoms with Gasteiger partial charge in [-0.1, -0.05) is 0 Å². The highest BCUT2D eigenvalue weighted by molar-refractivity contribution is 7.89. The minimum Gasteiger partial charge on any atom is -0.481 e. The van der Waals surface area contributed by atoms with Gasteiger partial charge in [0.1, 0.15) is 0 Å². The van der Waals surface area contributed by atoms with E-state index in [0.29, 0.717) is 26.1 Å². The molecule has 1 rings (SSSR count). The number of hydrogen-bond acceptors (Lipinski definition) is 4. The Kier molecular flexibility index (Phi) is 4.28. The maximum Gasteiger partial charge on any atom is 0.304 e. The summed E-state index contributed by atoms with van der Waals surface area (Å²) >= 11 is 0. The van der Waals surface area contributed by atoms with E-state index in [9.17, 15) is 13.2 Å². The molecule has 1 heterocycles. The number of sulfonamides is 1. The maximum atomic E-state index is 11.6. The zero-order chi connectivity index (χ0) is 12.2. The Morgan fingerprint density at radius 3 is 2.50 bits per heavy atom. The van der Waals surface area contributed by atoms with Crippen LogP contribution in [-0.4, -0.2) is 44.0 Å². The Hall–Kier alpha value is -0.660. The van der Waals surface area contributed by atoms with E-state index < -0.39 is 21.5 Å². The number of ether oxygens (including phenoxy) is 1. The van der Waals surface area contributed by atoms with Crippen LogP contribution in [-0.2, 0) is 19.6 Å². The zero-order valence-corrected chi connectivity index (χ0v) is 10.0. The van der Waals surface area contributed by atoms with Gasteiger partial charge in [0.15, 0.2) is 0 Å². The first-order valence-corrected chi connectivity index (χ1v) is 6.79. The van der Waals surface area contributed by atoms with Gasteiger partial charge in [-0.2, -0.15) is 0 Å². The van der Waals surface area contributed by atoms with Gasteiger partial charge in [0.05, 0.1) is 12.2 Å². The third kappa shape index (κ3) is 4.46. The molecule has 0 saturated carbocycles. The third-order valence-electron chi connectivity index (χ3n) is 2.58. The Labute approximate surface area is 95.0 Å². The Morgan fingerprint density at radius 1 is 1.44 bits per heavy atom. The van der Waals surface area contributed by atoms with Crippen molar-refractivity contribution in [2.24, 2.45) is 0 Å². The molecule has 0 aromatic heterocycles. The van der Waals surface area contributed by atoms with E-state index in [1.54, 1.807) is 0 Å². The molecule has 0 amide bonds.